The molecule has 1 unspecified atom stereocenters. The molecular weight excluding hydrogens is 274 g/mol. The first-order chi connectivity index (χ1) is 9.65. The van der Waals surface area contributed by atoms with Crippen LogP contribution in [0.25, 0.3) is 6.08 Å². The van der Waals surface area contributed by atoms with Gasteiger partial charge in [-0.2, -0.15) is 0 Å². The largest absolute Gasteiger partial charge is 0.478 e. The van der Waals surface area contributed by atoms with Crippen molar-refractivity contribution < 1.29 is 14.7 Å². The summed E-state index contributed by atoms with van der Waals surface area (Å²) in [6, 6.07) is 7.48. The summed E-state index contributed by atoms with van der Waals surface area (Å²) in [5.41, 5.74) is 1.78. The number of benzene rings is 1. The van der Waals surface area contributed by atoms with E-state index < -0.39 is 5.97 Å². The van der Waals surface area contributed by atoms with E-state index in [0.29, 0.717) is 6.54 Å². The summed E-state index contributed by atoms with van der Waals surface area (Å²) < 4.78 is 0. The molecule has 5 heteroatoms. The zero-order valence-electron chi connectivity index (χ0n) is 11.0. The van der Waals surface area contributed by atoms with Gasteiger partial charge in [-0.25, -0.2) is 4.79 Å². The van der Waals surface area contributed by atoms with E-state index in [4.69, 9.17) is 5.11 Å². The first-order valence-corrected chi connectivity index (χ1v) is 7.59. The van der Waals surface area contributed by atoms with Crippen LogP contribution in [-0.2, 0) is 16.1 Å². The van der Waals surface area contributed by atoms with Crippen LogP contribution in [0.5, 0.6) is 0 Å². The van der Waals surface area contributed by atoms with Crippen LogP contribution in [-0.4, -0.2) is 28.0 Å². The summed E-state index contributed by atoms with van der Waals surface area (Å²) in [6.45, 7) is 0.477. The number of amides is 1. The van der Waals surface area contributed by atoms with Crippen molar-refractivity contribution in [3.8, 4) is 0 Å². The lowest BCUT2D eigenvalue weighted by Gasteiger charge is -2.10. The van der Waals surface area contributed by atoms with Gasteiger partial charge in [-0.1, -0.05) is 18.2 Å². The SMILES string of the molecule is O=C(O)C=Cc1cccc(CNC(=O)C2CCCS2)c1. The monoisotopic (exact) mass is 291 g/mol. The van der Waals surface area contributed by atoms with Crippen LogP contribution in [0.2, 0.25) is 0 Å². The van der Waals surface area contributed by atoms with Crippen LogP contribution in [0.15, 0.2) is 30.3 Å². The maximum Gasteiger partial charge on any atom is 0.328 e. The second-order valence-electron chi connectivity index (χ2n) is 4.64. The highest BCUT2D eigenvalue weighted by molar-refractivity contribution is 8.00. The van der Waals surface area contributed by atoms with Gasteiger partial charge >= 0.3 is 5.97 Å². The molecule has 1 fully saturated rings. The van der Waals surface area contributed by atoms with Crippen LogP contribution in [0.3, 0.4) is 0 Å². The van der Waals surface area contributed by atoms with E-state index >= 15 is 0 Å². The molecule has 4 nitrogen and oxygen atoms in total. The van der Waals surface area contributed by atoms with Crippen molar-refractivity contribution >= 4 is 29.7 Å². The summed E-state index contributed by atoms with van der Waals surface area (Å²) >= 11 is 1.71. The van der Waals surface area contributed by atoms with Crippen molar-refractivity contribution in [1.82, 2.24) is 5.32 Å². The minimum Gasteiger partial charge on any atom is -0.478 e. The Morgan fingerprint density at radius 2 is 2.30 bits per heavy atom. The molecule has 0 bridgehead atoms. The average molecular weight is 291 g/mol. The molecular formula is C15H17NO3S. The van der Waals surface area contributed by atoms with Gasteiger partial charge in [0.2, 0.25) is 5.91 Å². The Morgan fingerprint density at radius 3 is 3.00 bits per heavy atom. The molecule has 0 aromatic heterocycles. The quantitative estimate of drug-likeness (QED) is 0.817. The second kappa shape index (κ2) is 7.14. The highest BCUT2D eigenvalue weighted by Crippen LogP contribution is 2.26. The number of carbonyl (C=O) groups is 2. The predicted octanol–water partition coefficient (Wildman–Crippen LogP) is 2.30. The molecule has 106 valence electrons. The number of nitrogens with one attached hydrogen (secondary N) is 1. The first kappa shape index (κ1) is 14.7. The van der Waals surface area contributed by atoms with Gasteiger partial charge in [0.15, 0.2) is 0 Å². The molecule has 2 N–H and O–H groups in total. The molecule has 1 aromatic carbocycles. The number of hydrogen-bond donors (Lipinski definition) is 2. The zero-order chi connectivity index (χ0) is 14.4. The summed E-state index contributed by atoms with van der Waals surface area (Å²) in [7, 11) is 0. The molecule has 0 radical (unpaired) electrons. The Kier molecular flexibility index (Phi) is 5.24. The Labute approximate surface area is 122 Å². The van der Waals surface area contributed by atoms with Gasteiger partial charge in [0.05, 0.1) is 5.25 Å². The summed E-state index contributed by atoms with van der Waals surface area (Å²) in [4.78, 5) is 22.4. The molecule has 1 saturated heterocycles. The fourth-order valence-electron chi connectivity index (χ4n) is 2.06. The minimum absolute atomic E-state index is 0.0880. The highest BCUT2D eigenvalue weighted by Gasteiger charge is 2.22. The van der Waals surface area contributed by atoms with Crippen molar-refractivity contribution in [1.29, 1.82) is 0 Å². The van der Waals surface area contributed by atoms with E-state index in [1.165, 1.54) is 0 Å². The standard InChI is InChI=1S/C15H17NO3S/c17-14(18)7-6-11-3-1-4-12(9-11)10-16-15(19)13-5-2-8-20-13/h1,3-4,6-7,9,13H,2,5,8,10H2,(H,16,19)(H,17,18). The topological polar surface area (TPSA) is 66.4 Å². The minimum atomic E-state index is -0.970. The third kappa shape index (κ3) is 4.42. The maximum atomic E-state index is 11.9. The number of hydrogen-bond acceptors (Lipinski definition) is 3. The molecule has 1 heterocycles. The second-order valence-corrected chi connectivity index (χ2v) is 5.95. The lowest BCUT2D eigenvalue weighted by molar-refractivity contribution is -0.131. The van der Waals surface area contributed by atoms with Gasteiger partial charge < -0.3 is 10.4 Å². The maximum absolute atomic E-state index is 11.9. The number of carbonyl (C=O) groups excluding carboxylic acids is 1. The number of aliphatic carboxylic acids is 1. The predicted molar refractivity (Wildman–Crippen MR) is 80.4 cm³/mol. The zero-order valence-corrected chi connectivity index (χ0v) is 11.9. The number of carboxylic acids is 1. The summed E-state index contributed by atoms with van der Waals surface area (Å²) in [5, 5.41) is 11.6. The summed E-state index contributed by atoms with van der Waals surface area (Å²) in [6.07, 6.45) is 4.71. The van der Waals surface area contributed by atoms with Crippen LogP contribution in [0.4, 0.5) is 0 Å². The van der Waals surface area contributed by atoms with Crippen molar-refractivity contribution in [2.75, 3.05) is 5.75 Å². The third-order valence-electron chi connectivity index (χ3n) is 3.06. The third-order valence-corrected chi connectivity index (χ3v) is 4.43. The first-order valence-electron chi connectivity index (χ1n) is 6.54. The molecule has 0 spiro atoms. The van der Waals surface area contributed by atoms with E-state index in [2.05, 4.69) is 5.32 Å². The Balaban J connectivity index is 1.90. The Bertz CT molecular complexity index is 522. The molecule has 2 rings (SSSR count). The van der Waals surface area contributed by atoms with Crippen LogP contribution in [0.1, 0.15) is 24.0 Å². The number of rotatable bonds is 5. The molecule has 0 saturated carbocycles. The van der Waals surface area contributed by atoms with E-state index in [9.17, 15) is 9.59 Å². The van der Waals surface area contributed by atoms with Crippen molar-refractivity contribution in [2.24, 2.45) is 0 Å². The van der Waals surface area contributed by atoms with E-state index in [-0.39, 0.29) is 11.2 Å². The molecule has 0 aliphatic carbocycles. The van der Waals surface area contributed by atoms with Crippen LogP contribution < -0.4 is 5.32 Å². The van der Waals surface area contributed by atoms with Crippen LogP contribution in [0, 0.1) is 0 Å². The van der Waals surface area contributed by atoms with Gasteiger partial charge in [-0.05, 0) is 41.9 Å². The van der Waals surface area contributed by atoms with Crippen molar-refractivity contribution in [3.63, 3.8) is 0 Å². The molecule has 1 aliphatic rings. The lowest BCUT2D eigenvalue weighted by atomic mass is 10.1. The van der Waals surface area contributed by atoms with Gasteiger partial charge in [0, 0.05) is 12.6 Å². The van der Waals surface area contributed by atoms with E-state index in [0.717, 1.165) is 35.8 Å². The number of thioether (sulfide) groups is 1. The Hall–Kier alpha value is -1.75. The number of carboxylic acid groups (broad SMARTS) is 1. The molecule has 1 aliphatic heterocycles. The average Bonchev–Trinajstić information content (AvgIpc) is 2.97. The fraction of sp³-hybridized carbons (Fsp3) is 0.333. The molecule has 20 heavy (non-hydrogen) atoms. The fourth-order valence-corrected chi connectivity index (χ4v) is 3.25. The molecule has 1 amide bonds. The van der Waals surface area contributed by atoms with Crippen molar-refractivity contribution in [2.45, 2.75) is 24.6 Å². The summed E-state index contributed by atoms with van der Waals surface area (Å²) in [5.74, 6) is 0.189. The normalized spacial score (nSPS) is 18.3. The Morgan fingerprint density at radius 1 is 1.45 bits per heavy atom. The van der Waals surface area contributed by atoms with Crippen molar-refractivity contribution in [3.05, 3.63) is 41.5 Å². The van der Waals surface area contributed by atoms with Gasteiger partial charge in [-0.15, -0.1) is 11.8 Å². The van der Waals surface area contributed by atoms with E-state index in [1.54, 1.807) is 17.8 Å². The van der Waals surface area contributed by atoms with Gasteiger partial charge in [0.25, 0.3) is 0 Å². The van der Waals surface area contributed by atoms with Gasteiger partial charge in [0.1, 0.15) is 0 Å². The highest BCUT2D eigenvalue weighted by atomic mass is 32.2. The lowest BCUT2D eigenvalue weighted by Crippen LogP contribution is -2.30. The van der Waals surface area contributed by atoms with Gasteiger partial charge in [-0.3, -0.25) is 4.79 Å². The van der Waals surface area contributed by atoms with Crippen LogP contribution >= 0.6 is 11.8 Å². The molecule has 1 atom stereocenters. The van der Waals surface area contributed by atoms with E-state index in [1.807, 2.05) is 24.3 Å². The smallest absolute Gasteiger partial charge is 0.328 e. The molecule has 1 aromatic rings.